The Morgan fingerprint density at radius 2 is 1.86 bits per heavy atom. The number of hydrogen-bond acceptors (Lipinski definition) is 4. The molecule has 148 valence electrons. The lowest BCUT2D eigenvalue weighted by Crippen LogP contribution is -2.00. The SMILES string of the molecule is CCCOc1ccc(CNc2ccc(-c3nc4ccc(C)cc4s3)cc2)cc1Cl. The van der Waals surface area contributed by atoms with Crippen LogP contribution in [0.2, 0.25) is 5.02 Å². The van der Waals surface area contributed by atoms with E-state index in [4.69, 9.17) is 21.3 Å². The van der Waals surface area contributed by atoms with Gasteiger partial charge in [-0.05, 0) is 73.0 Å². The second-order valence-corrected chi connectivity index (χ2v) is 8.47. The van der Waals surface area contributed by atoms with Gasteiger partial charge in [0.2, 0.25) is 0 Å². The number of aromatic nitrogens is 1. The van der Waals surface area contributed by atoms with Gasteiger partial charge in [0.25, 0.3) is 0 Å². The Morgan fingerprint density at radius 3 is 2.62 bits per heavy atom. The Morgan fingerprint density at radius 1 is 1.03 bits per heavy atom. The molecule has 4 aromatic rings. The molecule has 1 heterocycles. The predicted octanol–water partition coefficient (Wildman–Crippen LogP) is 7.33. The number of nitrogens with zero attached hydrogens (tertiary/aromatic N) is 1. The summed E-state index contributed by atoms with van der Waals surface area (Å²) in [5.74, 6) is 0.743. The Hall–Kier alpha value is -2.56. The topological polar surface area (TPSA) is 34.1 Å². The van der Waals surface area contributed by atoms with E-state index >= 15 is 0 Å². The highest BCUT2D eigenvalue weighted by molar-refractivity contribution is 7.21. The van der Waals surface area contributed by atoms with E-state index in [9.17, 15) is 0 Å². The molecular weight excluding hydrogens is 400 g/mol. The van der Waals surface area contributed by atoms with Crippen molar-refractivity contribution in [3.05, 3.63) is 76.8 Å². The van der Waals surface area contributed by atoms with Gasteiger partial charge < -0.3 is 10.1 Å². The van der Waals surface area contributed by atoms with E-state index in [1.807, 2.05) is 18.2 Å². The molecule has 1 aromatic heterocycles. The minimum absolute atomic E-state index is 0.652. The van der Waals surface area contributed by atoms with Crippen molar-refractivity contribution < 1.29 is 4.74 Å². The molecule has 0 spiro atoms. The molecule has 5 heteroatoms. The third kappa shape index (κ3) is 4.72. The Balaban J connectivity index is 1.42. The molecule has 0 unspecified atom stereocenters. The van der Waals surface area contributed by atoms with E-state index in [0.29, 0.717) is 18.2 Å². The third-order valence-corrected chi connectivity index (χ3v) is 5.99. The van der Waals surface area contributed by atoms with Crippen LogP contribution >= 0.6 is 22.9 Å². The number of ether oxygens (including phenoxy) is 1. The van der Waals surface area contributed by atoms with Gasteiger partial charge in [0.15, 0.2) is 0 Å². The van der Waals surface area contributed by atoms with Crippen molar-refractivity contribution in [2.75, 3.05) is 11.9 Å². The lowest BCUT2D eigenvalue weighted by molar-refractivity contribution is 0.317. The van der Waals surface area contributed by atoms with Crippen molar-refractivity contribution in [2.45, 2.75) is 26.8 Å². The summed E-state index contributed by atoms with van der Waals surface area (Å²) < 4.78 is 6.86. The van der Waals surface area contributed by atoms with Crippen molar-refractivity contribution in [3.8, 4) is 16.3 Å². The number of benzene rings is 3. The lowest BCUT2D eigenvalue weighted by Gasteiger charge is -2.10. The lowest BCUT2D eigenvalue weighted by atomic mass is 10.2. The van der Waals surface area contributed by atoms with E-state index in [1.165, 1.54) is 10.3 Å². The molecule has 0 amide bonds. The summed E-state index contributed by atoms with van der Waals surface area (Å²) in [6.07, 6.45) is 0.965. The highest BCUT2D eigenvalue weighted by atomic mass is 35.5. The normalized spacial score (nSPS) is 11.0. The Kier molecular flexibility index (Phi) is 6.02. The van der Waals surface area contributed by atoms with Crippen LogP contribution in [-0.4, -0.2) is 11.6 Å². The fourth-order valence-electron chi connectivity index (χ4n) is 3.07. The largest absolute Gasteiger partial charge is 0.492 e. The summed E-state index contributed by atoms with van der Waals surface area (Å²) in [5, 5.41) is 5.15. The molecule has 0 saturated heterocycles. The van der Waals surface area contributed by atoms with Crippen LogP contribution in [-0.2, 0) is 6.54 Å². The molecule has 3 aromatic carbocycles. The van der Waals surface area contributed by atoms with Crippen LogP contribution < -0.4 is 10.1 Å². The van der Waals surface area contributed by atoms with E-state index < -0.39 is 0 Å². The van der Waals surface area contributed by atoms with E-state index in [1.54, 1.807) is 11.3 Å². The van der Waals surface area contributed by atoms with E-state index in [-0.39, 0.29) is 0 Å². The van der Waals surface area contributed by atoms with Gasteiger partial charge in [-0.2, -0.15) is 0 Å². The van der Waals surface area contributed by atoms with Crippen LogP contribution in [0.4, 0.5) is 5.69 Å². The minimum Gasteiger partial charge on any atom is -0.492 e. The van der Waals surface area contributed by atoms with Crippen LogP contribution in [0.5, 0.6) is 5.75 Å². The van der Waals surface area contributed by atoms with Gasteiger partial charge in [-0.15, -0.1) is 11.3 Å². The quantitative estimate of drug-likeness (QED) is 0.338. The Bertz CT molecular complexity index is 1120. The van der Waals surface area contributed by atoms with Crippen LogP contribution in [0.25, 0.3) is 20.8 Å². The predicted molar refractivity (Wildman–Crippen MR) is 124 cm³/mol. The van der Waals surface area contributed by atoms with Gasteiger partial charge in [0.05, 0.1) is 21.8 Å². The van der Waals surface area contributed by atoms with Gasteiger partial charge in [-0.3, -0.25) is 0 Å². The number of halogens is 1. The molecule has 0 radical (unpaired) electrons. The standard InChI is InChI=1S/C24H23ClN2OS/c1-3-12-28-22-11-5-17(14-20(22)25)15-26-19-8-6-18(7-9-19)24-27-21-10-4-16(2)13-23(21)29-24/h4-11,13-14,26H,3,12,15H2,1-2H3. The van der Waals surface area contributed by atoms with E-state index in [2.05, 4.69) is 61.6 Å². The summed E-state index contributed by atoms with van der Waals surface area (Å²) in [4.78, 5) is 4.76. The second-order valence-electron chi connectivity index (χ2n) is 7.03. The summed E-state index contributed by atoms with van der Waals surface area (Å²) in [7, 11) is 0. The fraction of sp³-hybridized carbons (Fsp3) is 0.208. The maximum Gasteiger partial charge on any atom is 0.137 e. The first kappa shape index (κ1) is 19.7. The molecule has 29 heavy (non-hydrogen) atoms. The zero-order chi connectivity index (χ0) is 20.2. The molecule has 1 N–H and O–H groups in total. The highest BCUT2D eigenvalue weighted by Gasteiger charge is 2.07. The first-order chi connectivity index (χ1) is 14.1. The molecule has 0 aliphatic rings. The zero-order valence-electron chi connectivity index (χ0n) is 16.5. The zero-order valence-corrected chi connectivity index (χ0v) is 18.1. The van der Waals surface area contributed by atoms with Gasteiger partial charge >= 0.3 is 0 Å². The number of anilines is 1. The number of hydrogen-bond donors (Lipinski definition) is 1. The van der Waals surface area contributed by atoms with Crippen molar-refractivity contribution in [1.82, 2.24) is 4.98 Å². The van der Waals surface area contributed by atoms with Crippen LogP contribution in [0, 0.1) is 6.92 Å². The Labute approximate surface area is 180 Å². The van der Waals surface area contributed by atoms with Crippen molar-refractivity contribution >= 4 is 38.8 Å². The summed E-state index contributed by atoms with van der Waals surface area (Å²) >= 11 is 8.05. The number of aryl methyl sites for hydroxylation is 1. The molecule has 0 aliphatic heterocycles. The molecule has 0 atom stereocenters. The average Bonchev–Trinajstić information content (AvgIpc) is 3.15. The first-order valence-electron chi connectivity index (χ1n) is 9.75. The van der Waals surface area contributed by atoms with Gasteiger partial charge in [0, 0.05) is 17.8 Å². The minimum atomic E-state index is 0.652. The van der Waals surface area contributed by atoms with Gasteiger partial charge in [-0.1, -0.05) is 30.7 Å². The third-order valence-electron chi connectivity index (χ3n) is 4.63. The van der Waals surface area contributed by atoms with Gasteiger partial charge in [-0.25, -0.2) is 4.98 Å². The smallest absolute Gasteiger partial charge is 0.137 e. The van der Waals surface area contributed by atoms with Crippen molar-refractivity contribution in [2.24, 2.45) is 0 Å². The summed E-state index contributed by atoms with van der Waals surface area (Å²) in [6, 6.07) is 20.7. The maximum atomic E-state index is 6.32. The fourth-order valence-corrected chi connectivity index (χ4v) is 4.40. The monoisotopic (exact) mass is 422 g/mol. The molecule has 4 rings (SSSR count). The molecule has 0 fully saturated rings. The average molecular weight is 423 g/mol. The van der Waals surface area contributed by atoms with Crippen LogP contribution in [0.15, 0.2) is 60.7 Å². The van der Waals surface area contributed by atoms with Gasteiger partial charge in [0.1, 0.15) is 10.8 Å². The van der Waals surface area contributed by atoms with Crippen LogP contribution in [0.1, 0.15) is 24.5 Å². The van der Waals surface area contributed by atoms with Crippen molar-refractivity contribution in [3.63, 3.8) is 0 Å². The molecular formula is C24H23ClN2OS. The second kappa shape index (κ2) is 8.85. The molecule has 0 saturated carbocycles. The summed E-state index contributed by atoms with van der Waals surface area (Å²) in [5.41, 5.74) is 5.63. The molecule has 0 bridgehead atoms. The first-order valence-corrected chi connectivity index (χ1v) is 10.9. The number of thiazole rings is 1. The van der Waals surface area contributed by atoms with Crippen molar-refractivity contribution in [1.29, 1.82) is 0 Å². The number of nitrogens with one attached hydrogen (secondary N) is 1. The number of rotatable bonds is 7. The summed E-state index contributed by atoms with van der Waals surface area (Å²) in [6.45, 7) is 5.57. The van der Waals surface area contributed by atoms with Crippen LogP contribution in [0.3, 0.4) is 0 Å². The molecule has 0 aliphatic carbocycles. The number of fused-ring (bicyclic) bond motifs is 1. The molecule has 3 nitrogen and oxygen atoms in total. The maximum absolute atomic E-state index is 6.32. The van der Waals surface area contributed by atoms with E-state index in [0.717, 1.165) is 39.5 Å². The highest BCUT2D eigenvalue weighted by Crippen LogP contribution is 2.31.